The maximum atomic E-state index is 12.3. The molecule has 9 rings (SSSR count). The normalized spacial score (nSPS) is 10.9. The van der Waals surface area contributed by atoms with E-state index in [1.54, 1.807) is 55.5 Å². The highest BCUT2D eigenvalue weighted by Crippen LogP contribution is 2.33. The fourth-order valence-corrected chi connectivity index (χ4v) is 8.99. The summed E-state index contributed by atoms with van der Waals surface area (Å²) in [6.45, 7) is 17.0. The number of rotatable bonds is 9. The van der Waals surface area contributed by atoms with Crippen LogP contribution >= 0.6 is 57.7 Å². The molecule has 0 bridgehead atoms. The Balaban J connectivity index is 0.000000170. The van der Waals surface area contributed by atoms with Crippen LogP contribution in [0.2, 0.25) is 20.1 Å². The van der Waals surface area contributed by atoms with Crippen molar-refractivity contribution in [2.24, 2.45) is 5.92 Å². The molecule has 0 radical (unpaired) electrons. The molecule has 0 amide bonds. The number of hydrogen-bond acceptors (Lipinski definition) is 14. The van der Waals surface area contributed by atoms with E-state index < -0.39 is 18.1 Å². The van der Waals surface area contributed by atoms with E-state index in [-0.39, 0.29) is 57.4 Å². The van der Waals surface area contributed by atoms with Gasteiger partial charge in [0, 0.05) is 64.2 Å². The van der Waals surface area contributed by atoms with E-state index in [0.29, 0.717) is 75.4 Å². The Hall–Kier alpha value is -7.61. The Bertz CT molecular complexity index is 4000. The van der Waals surface area contributed by atoms with Gasteiger partial charge < -0.3 is 39.6 Å². The Kier molecular flexibility index (Phi) is 19.6. The van der Waals surface area contributed by atoms with Crippen LogP contribution in [-0.4, -0.2) is 73.7 Å². The van der Waals surface area contributed by atoms with Crippen molar-refractivity contribution in [1.82, 2.24) is 24.9 Å². The Morgan fingerprint density at radius 1 is 0.654 bits per heavy atom. The number of pyridine rings is 4. The topological polar surface area (TPSA) is 253 Å². The smallest absolute Gasteiger partial charge is 0.477 e. The van der Waals surface area contributed by atoms with Crippen molar-refractivity contribution >= 4 is 130 Å². The van der Waals surface area contributed by atoms with Gasteiger partial charge in [-0.2, -0.15) is 0 Å². The molecule has 17 nitrogen and oxygen atoms in total. The first-order valence-corrected chi connectivity index (χ1v) is 26.1. The van der Waals surface area contributed by atoms with Crippen molar-refractivity contribution in [2.45, 2.75) is 68.4 Å². The number of Topliss-reactive ketones (excluding diaryl/α,β-unsaturated/α-hetero) is 1. The van der Waals surface area contributed by atoms with E-state index in [9.17, 15) is 33.6 Å². The van der Waals surface area contributed by atoms with Gasteiger partial charge in [0.25, 0.3) is 0 Å². The molecule has 5 aromatic heterocycles. The summed E-state index contributed by atoms with van der Waals surface area (Å²) in [6, 6.07) is 19.6. The number of H-pyrrole nitrogens is 3. The second-order valence-corrected chi connectivity index (χ2v) is 20.7. The van der Waals surface area contributed by atoms with Gasteiger partial charge in [-0.1, -0.05) is 84.5 Å². The van der Waals surface area contributed by atoms with Crippen LogP contribution in [-0.2, 0) is 9.47 Å². The number of aryl methyl sites for hydroxylation is 4. The summed E-state index contributed by atoms with van der Waals surface area (Å²) in [4.78, 5) is 98.8. The number of ketones is 1. The first-order valence-electron chi connectivity index (χ1n) is 23.8. The van der Waals surface area contributed by atoms with Crippen molar-refractivity contribution in [3.05, 3.63) is 168 Å². The van der Waals surface area contributed by atoms with Crippen LogP contribution in [0.1, 0.15) is 88.3 Å². The monoisotopic (exact) mass is 1160 g/mol. The van der Waals surface area contributed by atoms with Gasteiger partial charge in [-0.25, -0.2) is 24.4 Å². The molecule has 0 fully saturated rings. The quantitative estimate of drug-likeness (QED) is 0.0666. The van der Waals surface area contributed by atoms with Crippen molar-refractivity contribution in [3.63, 3.8) is 0 Å². The number of methoxy groups -OCH3 is 1. The highest BCUT2D eigenvalue weighted by atomic mass is 35.5. The molecule has 406 valence electrons. The van der Waals surface area contributed by atoms with Gasteiger partial charge in [0.15, 0.2) is 27.2 Å². The molecule has 0 aliphatic carbocycles. The average Bonchev–Trinajstić information content (AvgIpc) is 3.87. The molecule has 78 heavy (non-hydrogen) atoms. The summed E-state index contributed by atoms with van der Waals surface area (Å²) in [7, 11) is 1.25. The number of anilines is 1. The van der Waals surface area contributed by atoms with Crippen molar-refractivity contribution in [3.8, 4) is 17.1 Å². The summed E-state index contributed by atoms with van der Waals surface area (Å²) < 4.78 is 14.8. The second-order valence-electron chi connectivity index (χ2n) is 18.3. The second kappa shape index (κ2) is 25.7. The zero-order chi connectivity index (χ0) is 57.4. The van der Waals surface area contributed by atoms with Gasteiger partial charge in [-0.05, 0) is 94.0 Å². The van der Waals surface area contributed by atoms with Crippen LogP contribution in [0.5, 0.6) is 5.75 Å². The number of halogens is 4. The predicted octanol–water partition coefficient (Wildman–Crippen LogP) is 13.5. The number of nitrogens with one attached hydrogen (secondary N) is 4. The lowest BCUT2D eigenvalue weighted by atomic mass is 10.1. The maximum Gasteiger partial charge on any atom is 0.513 e. The summed E-state index contributed by atoms with van der Waals surface area (Å²) in [5.74, 6) is -1.62. The van der Waals surface area contributed by atoms with Gasteiger partial charge in [-0.3, -0.25) is 19.2 Å². The molecule has 0 unspecified atom stereocenters. The Morgan fingerprint density at radius 2 is 1.13 bits per heavy atom. The number of esters is 1. The molecule has 0 spiro atoms. The number of nitrogens with zero attached hydrogens (tertiary/aromatic N) is 2. The van der Waals surface area contributed by atoms with Gasteiger partial charge >= 0.3 is 18.1 Å². The molecule has 0 aliphatic heterocycles. The first-order chi connectivity index (χ1) is 36.8. The van der Waals surface area contributed by atoms with Crippen molar-refractivity contribution < 1.29 is 38.5 Å². The molecule has 9 aromatic rings. The molecular formula is C56H52Cl4N6O11S. The molecule has 0 atom stereocenters. The number of carbonyl (C=O) groups excluding carboxylic acids is 3. The van der Waals surface area contributed by atoms with Gasteiger partial charge in [0.2, 0.25) is 0 Å². The lowest BCUT2D eigenvalue weighted by Crippen LogP contribution is -2.15. The van der Waals surface area contributed by atoms with Crippen LogP contribution in [0.4, 0.5) is 9.93 Å². The molecule has 0 saturated carbocycles. The van der Waals surface area contributed by atoms with Crippen LogP contribution in [0.15, 0.2) is 92.6 Å². The van der Waals surface area contributed by atoms with E-state index in [1.807, 2.05) is 46.1 Å². The first kappa shape index (κ1) is 59.6. The highest BCUT2D eigenvalue weighted by Gasteiger charge is 2.19. The molecular weight excluding hydrogens is 1110 g/mol. The Labute approximate surface area is 469 Å². The van der Waals surface area contributed by atoms with Crippen LogP contribution in [0.25, 0.3) is 55.0 Å². The van der Waals surface area contributed by atoms with Crippen LogP contribution < -0.4 is 26.3 Å². The van der Waals surface area contributed by atoms with E-state index in [2.05, 4.69) is 48.8 Å². The summed E-state index contributed by atoms with van der Waals surface area (Å²) in [6.07, 6.45) is -0.822. The number of carboxylic acid groups (broad SMARTS) is 1. The zero-order valence-corrected chi connectivity index (χ0v) is 47.6. The van der Waals surface area contributed by atoms with Crippen molar-refractivity contribution in [1.29, 1.82) is 0 Å². The molecule has 5 heterocycles. The van der Waals surface area contributed by atoms with E-state index in [1.165, 1.54) is 37.5 Å². The lowest BCUT2D eigenvalue weighted by Gasteiger charge is -2.12. The fourth-order valence-electron chi connectivity index (χ4n) is 7.29. The minimum atomic E-state index is -1.18. The van der Waals surface area contributed by atoms with Crippen LogP contribution in [0.3, 0.4) is 0 Å². The largest absolute Gasteiger partial charge is 0.513 e. The number of thiazole rings is 1. The number of aromatic amines is 3. The number of aromatic nitrogens is 5. The Morgan fingerprint density at radius 3 is 1.62 bits per heavy atom. The number of hydrogen-bond donors (Lipinski definition) is 5. The van der Waals surface area contributed by atoms with E-state index >= 15 is 0 Å². The maximum absolute atomic E-state index is 12.3. The van der Waals surface area contributed by atoms with E-state index in [4.69, 9.17) is 61.0 Å². The third kappa shape index (κ3) is 14.1. The lowest BCUT2D eigenvalue weighted by molar-refractivity contribution is 0.0593. The summed E-state index contributed by atoms with van der Waals surface area (Å²) in [5.41, 5.74) is 6.13. The van der Waals surface area contributed by atoms with E-state index in [0.717, 1.165) is 39.1 Å². The summed E-state index contributed by atoms with van der Waals surface area (Å²) >= 11 is 26.2. The third-order valence-electron chi connectivity index (χ3n) is 11.4. The van der Waals surface area contributed by atoms with Crippen LogP contribution in [0, 0.1) is 33.6 Å². The molecule has 0 aliphatic rings. The number of benzene rings is 4. The van der Waals surface area contributed by atoms with Gasteiger partial charge in [0.1, 0.15) is 22.8 Å². The minimum Gasteiger partial charge on any atom is -0.477 e. The third-order valence-corrected chi connectivity index (χ3v) is 14.1. The standard InChI is InChI=1S/C17H18ClNO4.C16H16ClN3OS.C12H10ClNO3.C11H8ClNO3/c1-9(2)8-22-17(21)23-14-7-13(11(4)20)19-16-12(14)6-5-10(3)15(16)18;1-8(2)18-16-20-12(7-22-16)11-6-13(21)10-5-4-9(3)14(17)15(10)19-11;1-6-3-4-7-9(15)5-8(12(16)17-2)14-11(7)10(6)13;1-5-2-3-6-8(14)4-7(11(15)16)13-10(6)9(5)12/h5-7,9H,8H2,1-4H3;4-8H,1-3H3,(H,18,20)(H,19,21);3-5H,1-2H3,(H,14,15);2-4H,1H3,(H,13,14)(H,15,16). The number of ether oxygens (including phenoxy) is 3. The molecule has 22 heteroatoms. The molecule has 0 saturated heterocycles. The SMILES string of the molecule is CC(=O)c1cc(OC(=O)OCC(C)C)c2ccc(C)c(Cl)c2n1.COC(=O)c1cc(=O)c2ccc(C)c(Cl)c2[nH]1.Cc1ccc2c(=O)cc(-c3csc(NC(C)C)n3)[nH]c2c1Cl.Cc1ccc2c(=O)cc(C(=O)O)[nH]c2c1Cl. The zero-order valence-electron chi connectivity index (χ0n) is 43.7. The number of aromatic carboxylic acids is 1. The predicted molar refractivity (Wildman–Crippen MR) is 309 cm³/mol. The number of carboxylic acids is 1. The molecule has 4 aromatic carbocycles. The highest BCUT2D eigenvalue weighted by molar-refractivity contribution is 7.14. The summed E-state index contributed by atoms with van der Waals surface area (Å²) in [5, 5.41) is 18.6. The number of fused-ring (bicyclic) bond motifs is 4. The van der Waals surface area contributed by atoms with Gasteiger partial charge in [-0.15, -0.1) is 11.3 Å². The fraction of sp³-hybridized carbons (Fsp3) is 0.232. The van der Waals surface area contributed by atoms with Gasteiger partial charge in [0.05, 0.1) is 67.3 Å². The van der Waals surface area contributed by atoms with Crippen molar-refractivity contribution in [2.75, 3.05) is 19.0 Å². The minimum absolute atomic E-state index is 0.0583. The molecule has 5 N–H and O–H groups in total. The number of carbonyl (C=O) groups is 4. The average molecular weight is 1160 g/mol.